The SMILES string of the molecule is C1=CC2=C3C(=C4[CH-]CCCC4C2CC1)Cc1ccccc13.C[C-](C)c1ccccc1.C[C-](C)c1ccccc1.Cl.Cl.[C-]1=CC=CC1.[CH2]=[Zr]. The van der Waals surface area contributed by atoms with E-state index in [0.717, 1.165) is 24.7 Å². The summed E-state index contributed by atoms with van der Waals surface area (Å²) in [5, 5.41) is 0. The number of fused-ring (bicyclic) bond motifs is 6. The fourth-order valence-electron chi connectivity index (χ4n) is 6.94. The Morgan fingerprint density at radius 2 is 1.35 bits per heavy atom. The third kappa shape index (κ3) is 11.2. The van der Waals surface area contributed by atoms with Gasteiger partial charge in [0.2, 0.25) is 0 Å². The van der Waals surface area contributed by atoms with Crippen molar-refractivity contribution in [2.45, 2.75) is 72.6 Å². The zero-order valence-corrected chi connectivity index (χ0v) is 33.3. The summed E-state index contributed by atoms with van der Waals surface area (Å²) in [4.78, 5) is 0. The summed E-state index contributed by atoms with van der Waals surface area (Å²) in [7, 11) is 0. The first kappa shape index (κ1) is 41.5. The Morgan fingerprint density at radius 1 is 0.750 bits per heavy atom. The van der Waals surface area contributed by atoms with Crippen LogP contribution in [0.15, 0.2) is 132 Å². The molecule has 0 radical (unpaired) electrons. The minimum atomic E-state index is 0. The fourth-order valence-corrected chi connectivity index (χ4v) is 6.94. The van der Waals surface area contributed by atoms with Crippen molar-refractivity contribution in [2.24, 2.45) is 11.8 Å². The van der Waals surface area contributed by atoms with Crippen molar-refractivity contribution in [3.63, 3.8) is 0 Å². The number of hydrogen-bond acceptors (Lipinski definition) is 0. The summed E-state index contributed by atoms with van der Waals surface area (Å²) in [5.74, 6) is 4.34. The van der Waals surface area contributed by atoms with Gasteiger partial charge >= 0.3 is 28.4 Å². The molecule has 254 valence electrons. The molecule has 48 heavy (non-hydrogen) atoms. The zero-order valence-electron chi connectivity index (χ0n) is 29.2. The molecule has 2 unspecified atom stereocenters. The molecule has 2 atom stereocenters. The molecule has 1 saturated carbocycles. The van der Waals surface area contributed by atoms with Crippen LogP contribution in [0.1, 0.15) is 88.5 Å². The Bertz CT molecular complexity index is 1470. The fraction of sp³-hybridized carbons (Fsp3) is 0.289. The standard InChI is InChI=1S/C21H21.2C9H11.C5H5.CH2.2ClH.Zr/c1-2-8-15-14(7-1)13-20-18-11-4-3-9-16(18)17-10-5-6-12-19(17)21(15)20;2*1-8(2)9-6-4-3-5-7-9;1-2-4-5-3-1;;;;/h1-2,6-8,11-12,16-17H,3-5,9-10,13H2;2*3-7H,1-2H3;1-3H,4H2;1H2;2*1H;/q4*-1;;;;. The molecule has 0 amide bonds. The van der Waals surface area contributed by atoms with E-state index in [4.69, 9.17) is 0 Å². The van der Waals surface area contributed by atoms with Crippen LogP contribution in [0.3, 0.4) is 0 Å². The number of benzene rings is 3. The minimum absolute atomic E-state index is 0. The van der Waals surface area contributed by atoms with E-state index in [1.54, 1.807) is 27.9 Å². The van der Waals surface area contributed by atoms with Crippen LogP contribution < -0.4 is 0 Å². The maximum absolute atomic E-state index is 3.34. The quantitative estimate of drug-likeness (QED) is 0.229. The second-order valence-electron chi connectivity index (χ2n) is 12.7. The molecule has 8 rings (SSSR count). The number of allylic oxidation sites excluding steroid dienone is 10. The van der Waals surface area contributed by atoms with Crippen LogP contribution in [-0.2, 0) is 30.7 Å². The van der Waals surface area contributed by atoms with E-state index < -0.39 is 0 Å². The van der Waals surface area contributed by atoms with Gasteiger partial charge in [0, 0.05) is 0 Å². The van der Waals surface area contributed by atoms with Gasteiger partial charge in [-0.15, -0.1) is 61.9 Å². The summed E-state index contributed by atoms with van der Waals surface area (Å²) >= 11 is 1.30. The summed E-state index contributed by atoms with van der Waals surface area (Å²) < 4.78 is 3.34. The van der Waals surface area contributed by atoms with Gasteiger partial charge in [0.1, 0.15) is 0 Å². The third-order valence-corrected chi connectivity index (χ3v) is 9.19. The van der Waals surface area contributed by atoms with Gasteiger partial charge in [0.15, 0.2) is 0 Å². The first-order valence-corrected chi connectivity index (χ1v) is 18.6. The van der Waals surface area contributed by atoms with Crippen LogP contribution in [0.25, 0.3) is 5.57 Å². The molecule has 3 aromatic carbocycles. The normalized spacial score (nSPS) is 18.2. The molecule has 0 aromatic heterocycles. The van der Waals surface area contributed by atoms with Crippen LogP contribution >= 0.6 is 24.8 Å². The third-order valence-electron chi connectivity index (χ3n) is 9.19. The summed E-state index contributed by atoms with van der Waals surface area (Å²) in [6.07, 6.45) is 25.3. The van der Waals surface area contributed by atoms with Gasteiger partial charge < -0.3 is 0 Å². The van der Waals surface area contributed by atoms with Crippen LogP contribution in [-0.4, -0.2) is 4.21 Å². The van der Waals surface area contributed by atoms with Crippen molar-refractivity contribution >= 4 is 34.6 Å². The molecule has 0 bridgehead atoms. The molecule has 5 aliphatic carbocycles. The van der Waals surface area contributed by atoms with Gasteiger partial charge in [-0.05, 0) is 36.7 Å². The van der Waals surface area contributed by atoms with Crippen molar-refractivity contribution in [3.05, 3.63) is 179 Å². The Labute approximate surface area is 319 Å². The van der Waals surface area contributed by atoms with E-state index in [0.29, 0.717) is 0 Å². The van der Waals surface area contributed by atoms with Gasteiger partial charge in [-0.1, -0.05) is 106 Å². The second kappa shape index (κ2) is 22.1. The first-order valence-electron chi connectivity index (χ1n) is 16.9. The average Bonchev–Trinajstić information content (AvgIpc) is 3.84. The van der Waals surface area contributed by atoms with Crippen molar-refractivity contribution in [1.29, 1.82) is 0 Å². The van der Waals surface area contributed by atoms with Gasteiger partial charge in [0.25, 0.3) is 0 Å². The zero-order chi connectivity index (χ0) is 32.7. The topological polar surface area (TPSA) is 0 Å². The predicted octanol–water partition coefficient (Wildman–Crippen LogP) is 12.7. The predicted molar refractivity (Wildman–Crippen MR) is 211 cm³/mol. The molecule has 0 spiro atoms. The number of halogens is 2. The summed E-state index contributed by atoms with van der Waals surface area (Å²) in [6, 6.07) is 29.9. The Hall–Kier alpha value is -2.70. The van der Waals surface area contributed by atoms with Gasteiger partial charge in [-0.25, -0.2) is 24.1 Å². The maximum atomic E-state index is 3.34. The van der Waals surface area contributed by atoms with Crippen LogP contribution in [0.4, 0.5) is 0 Å². The van der Waals surface area contributed by atoms with E-state index in [-0.39, 0.29) is 24.8 Å². The van der Waals surface area contributed by atoms with E-state index in [1.165, 1.54) is 84.9 Å². The monoisotopic (exact) mass is 752 g/mol. The number of hydrogen-bond donors (Lipinski definition) is 0. The molecule has 0 nitrogen and oxygen atoms in total. The Morgan fingerprint density at radius 3 is 1.88 bits per heavy atom. The van der Waals surface area contributed by atoms with Gasteiger partial charge in [0.05, 0.1) is 0 Å². The molecule has 3 heteroatoms. The van der Waals surface area contributed by atoms with Crippen LogP contribution in [0.5, 0.6) is 0 Å². The molecule has 1 fully saturated rings. The molecule has 0 aliphatic heterocycles. The van der Waals surface area contributed by atoms with Crippen molar-refractivity contribution in [3.8, 4) is 0 Å². The first-order chi connectivity index (χ1) is 22.5. The molecule has 5 aliphatic rings. The van der Waals surface area contributed by atoms with Gasteiger partial charge in [-0.2, -0.15) is 58.9 Å². The van der Waals surface area contributed by atoms with Crippen molar-refractivity contribution in [1.82, 2.24) is 0 Å². The van der Waals surface area contributed by atoms with Crippen molar-refractivity contribution in [2.75, 3.05) is 0 Å². The number of rotatable bonds is 2. The average molecular weight is 755 g/mol. The van der Waals surface area contributed by atoms with E-state index in [1.807, 2.05) is 24.3 Å². The Kier molecular flexibility index (Phi) is 19.1. The summed E-state index contributed by atoms with van der Waals surface area (Å²) in [6.45, 7) is 8.48. The molecule has 0 heterocycles. The molecule has 0 N–H and O–H groups in total. The molecular weight excluding hydrogens is 703 g/mol. The summed E-state index contributed by atoms with van der Waals surface area (Å²) in [5.41, 5.74) is 12.4. The van der Waals surface area contributed by atoms with E-state index in [2.05, 4.69) is 135 Å². The molecular formula is C45H52Cl2Zr-4. The molecule has 0 saturated heterocycles. The Balaban J connectivity index is 0.000000249. The molecule has 3 aromatic rings. The van der Waals surface area contributed by atoms with Crippen LogP contribution in [0.2, 0.25) is 0 Å². The van der Waals surface area contributed by atoms with Gasteiger partial charge in [-0.3, -0.25) is 6.08 Å². The van der Waals surface area contributed by atoms with Crippen molar-refractivity contribution < 1.29 is 24.2 Å². The second-order valence-corrected chi connectivity index (χ2v) is 12.7. The van der Waals surface area contributed by atoms with E-state index >= 15 is 0 Å². The van der Waals surface area contributed by atoms with E-state index in [9.17, 15) is 0 Å². The van der Waals surface area contributed by atoms with Crippen LogP contribution in [0, 0.1) is 36.2 Å².